The molecule has 1 aromatic heterocycles. The van der Waals surface area contributed by atoms with E-state index in [2.05, 4.69) is 4.98 Å². The highest BCUT2D eigenvalue weighted by Crippen LogP contribution is 2.26. The van der Waals surface area contributed by atoms with Gasteiger partial charge in [-0.25, -0.2) is 13.8 Å². The minimum atomic E-state index is -2.65. The Balaban J connectivity index is 2.48. The quantitative estimate of drug-likeness (QED) is 0.843. The normalized spacial score (nSPS) is 10.7. The van der Waals surface area contributed by atoms with Crippen molar-refractivity contribution in [2.45, 2.75) is 6.43 Å². The van der Waals surface area contributed by atoms with Crippen molar-refractivity contribution in [1.29, 1.82) is 0 Å². The summed E-state index contributed by atoms with van der Waals surface area (Å²) in [5.41, 5.74) is 6.39. The molecule has 0 amide bonds. The third-order valence-electron chi connectivity index (χ3n) is 2.23. The maximum Gasteiger partial charge on any atom is 0.282 e. The van der Waals surface area contributed by atoms with Crippen molar-refractivity contribution < 1.29 is 8.78 Å². The molecular formula is C12H10F2N2. The number of alkyl halides is 2. The number of nitrogens with zero attached hydrogens (tertiary/aromatic N) is 1. The van der Waals surface area contributed by atoms with Crippen LogP contribution in [0.15, 0.2) is 42.5 Å². The lowest BCUT2D eigenvalue weighted by molar-refractivity contribution is 0.147. The molecule has 1 heterocycles. The van der Waals surface area contributed by atoms with Crippen LogP contribution in [-0.4, -0.2) is 4.98 Å². The SMILES string of the molecule is Nc1ccc(-c2ccccc2)nc1C(F)F. The molecule has 2 N–H and O–H groups in total. The molecule has 0 saturated heterocycles. The number of aromatic nitrogens is 1. The highest BCUT2D eigenvalue weighted by atomic mass is 19.3. The second-order valence-corrected chi connectivity index (χ2v) is 3.34. The smallest absolute Gasteiger partial charge is 0.282 e. The van der Waals surface area contributed by atoms with Crippen molar-refractivity contribution in [2.75, 3.05) is 5.73 Å². The van der Waals surface area contributed by atoms with E-state index in [1.165, 1.54) is 6.07 Å². The highest BCUT2D eigenvalue weighted by Gasteiger charge is 2.14. The molecule has 0 spiro atoms. The summed E-state index contributed by atoms with van der Waals surface area (Å²) in [5, 5.41) is 0. The topological polar surface area (TPSA) is 38.9 Å². The van der Waals surface area contributed by atoms with Crippen LogP contribution in [-0.2, 0) is 0 Å². The Kier molecular flexibility index (Phi) is 2.81. The first-order valence-corrected chi connectivity index (χ1v) is 4.78. The molecule has 0 aliphatic rings. The van der Waals surface area contributed by atoms with E-state index in [0.717, 1.165) is 5.56 Å². The van der Waals surface area contributed by atoms with Gasteiger partial charge < -0.3 is 5.73 Å². The van der Waals surface area contributed by atoms with E-state index in [-0.39, 0.29) is 11.4 Å². The van der Waals surface area contributed by atoms with Gasteiger partial charge in [-0.1, -0.05) is 30.3 Å². The van der Waals surface area contributed by atoms with Crippen LogP contribution >= 0.6 is 0 Å². The number of rotatable bonds is 2. The van der Waals surface area contributed by atoms with Gasteiger partial charge in [0.2, 0.25) is 0 Å². The summed E-state index contributed by atoms with van der Waals surface area (Å²) >= 11 is 0. The number of nitrogens with two attached hydrogens (primary N) is 1. The van der Waals surface area contributed by atoms with Crippen LogP contribution in [0.5, 0.6) is 0 Å². The van der Waals surface area contributed by atoms with Crippen molar-refractivity contribution in [1.82, 2.24) is 4.98 Å². The largest absolute Gasteiger partial charge is 0.397 e. The van der Waals surface area contributed by atoms with Crippen LogP contribution < -0.4 is 5.73 Å². The standard InChI is InChI=1S/C12H10F2N2/c13-12(14)11-9(15)6-7-10(16-11)8-4-2-1-3-5-8/h1-7,12H,15H2. The van der Waals surface area contributed by atoms with E-state index >= 15 is 0 Å². The molecular weight excluding hydrogens is 210 g/mol. The summed E-state index contributed by atoms with van der Waals surface area (Å²) in [6, 6.07) is 12.2. The third kappa shape index (κ3) is 2.00. The summed E-state index contributed by atoms with van der Waals surface area (Å²) < 4.78 is 25.2. The number of benzene rings is 1. The van der Waals surface area contributed by atoms with Crippen molar-refractivity contribution in [2.24, 2.45) is 0 Å². The van der Waals surface area contributed by atoms with Crippen LogP contribution in [0.3, 0.4) is 0 Å². The number of nitrogen functional groups attached to an aromatic ring is 1. The monoisotopic (exact) mass is 220 g/mol. The number of hydrogen-bond donors (Lipinski definition) is 1. The summed E-state index contributed by atoms with van der Waals surface area (Å²) in [6.07, 6.45) is -2.65. The van der Waals surface area contributed by atoms with Gasteiger partial charge in [0.05, 0.1) is 11.4 Å². The molecule has 0 bridgehead atoms. The first kappa shape index (κ1) is 10.5. The zero-order chi connectivity index (χ0) is 11.5. The van der Waals surface area contributed by atoms with Crippen LogP contribution in [0, 0.1) is 0 Å². The predicted octanol–water partition coefficient (Wildman–Crippen LogP) is 3.27. The van der Waals surface area contributed by atoms with E-state index in [4.69, 9.17) is 5.73 Å². The van der Waals surface area contributed by atoms with Crippen LogP contribution in [0.2, 0.25) is 0 Å². The minimum absolute atomic E-state index is 0.0229. The lowest BCUT2D eigenvalue weighted by Gasteiger charge is -2.06. The maximum atomic E-state index is 12.6. The molecule has 2 nitrogen and oxygen atoms in total. The molecule has 0 radical (unpaired) electrons. The summed E-state index contributed by atoms with van der Waals surface area (Å²) in [4.78, 5) is 3.87. The molecule has 1 aromatic carbocycles. The molecule has 0 saturated carbocycles. The molecule has 0 unspecified atom stereocenters. The molecule has 0 fully saturated rings. The van der Waals surface area contributed by atoms with E-state index in [1.54, 1.807) is 6.07 Å². The minimum Gasteiger partial charge on any atom is -0.397 e. The second kappa shape index (κ2) is 4.26. The van der Waals surface area contributed by atoms with Crippen LogP contribution in [0.25, 0.3) is 11.3 Å². The van der Waals surface area contributed by atoms with Gasteiger partial charge in [-0.3, -0.25) is 0 Å². The van der Waals surface area contributed by atoms with E-state index in [0.29, 0.717) is 5.69 Å². The Bertz CT molecular complexity index is 484. The zero-order valence-electron chi connectivity index (χ0n) is 8.40. The zero-order valence-corrected chi connectivity index (χ0v) is 8.40. The van der Waals surface area contributed by atoms with Gasteiger partial charge in [0.15, 0.2) is 0 Å². The van der Waals surface area contributed by atoms with E-state index < -0.39 is 6.43 Å². The van der Waals surface area contributed by atoms with Crippen LogP contribution in [0.4, 0.5) is 14.5 Å². The number of hydrogen-bond acceptors (Lipinski definition) is 2. The molecule has 0 atom stereocenters. The molecule has 2 rings (SSSR count). The summed E-state index contributed by atoms with van der Waals surface area (Å²) in [5.74, 6) is 0. The van der Waals surface area contributed by atoms with Gasteiger partial charge in [-0.2, -0.15) is 0 Å². The lowest BCUT2D eigenvalue weighted by Crippen LogP contribution is -1.99. The van der Waals surface area contributed by atoms with Gasteiger partial charge in [0.1, 0.15) is 5.69 Å². The fourth-order valence-corrected chi connectivity index (χ4v) is 1.43. The Morgan fingerprint density at radius 3 is 2.31 bits per heavy atom. The summed E-state index contributed by atoms with van der Waals surface area (Å²) in [6.45, 7) is 0. The molecule has 2 aromatic rings. The van der Waals surface area contributed by atoms with Gasteiger partial charge in [-0.15, -0.1) is 0 Å². The molecule has 0 aliphatic carbocycles. The average Bonchev–Trinajstić information content (AvgIpc) is 2.30. The molecule has 4 heteroatoms. The van der Waals surface area contributed by atoms with Crippen molar-refractivity contribution in [3.8, 4) is 11.3 Å². The molecule has 0 aliphatic heterocycles. The predicted molar refractivity (Wildman–Crippen MR) is 59.0 cm³/mol. The van der Waals surface area contributed by atoms with Crippen LogP contribution in [0.1, 0.15) is 12.1 Å². The van der Waals surface area contributed by atoms with Gasteiger partial charge in [0.25, 0.3) is 6.43 Å². The van der Waals surface area contributed by atoms with Crippen molar-refractivity contribution in [3.63, 3.8) is 0 Å². The van der Waals surface area contributed by atoms with Crippen molar-refractivity contribution >= 4 is 5.69 Å². The first-order valence-electron chi connectivity index (χ1n) is 4.78. The fraction of sp³-hybridized carbons (Fsp3) is 0.0833. The second-order valence-electron chi connectivity index (χ2n) is 3.34. The van der Waals surface area contributed by atoms with Gasteiger partial charge in [0, 0.05) is 5.56 Å². The van der Waals surface area contributed by atoms with E-state index in [1.807, 2.05) is 30.3 Å². The van der Waals surface area contributed by atoms with Gasteiger partial charge >= 0.3 is 0 Å². The third-order valence-corrected chi connectivity index (χ3v) is 2.23. The number of anilines is 1. The number of pyridine rings is 1. The highest BCUT2D eigenvalue weighted by molar-refractivity contribution is 5.62. The Morgan fingerprint density at radius 1 is 1.00 bits per heavy atom. The number of halogens is 2. The maximum absolute atomic E-state index is 12.6. The molecule has 16 heavy (non-hydrogen) atoms. The van der Waals surface area contributed by atoms with Gasteiger partial charge in [-0.05, 0) is 12.1 Å². The Labute approximate surface area is 91.7 Å². The Hall–Kier alpha value is -1.97. The molecule has 82 valence electrons. The van der Waals surface area contributed by atoms with E-state index in [9.17, 15) is 8.78 Å². The first-order chi connectivity index (χ1) is 7.68. The lowest BCUT2D eigenvalue weighted by atomic mass is 10.1. The average molecular weight is 220 g/mol. The summed E-state index contributed by atoms with van der Waals surface area (Å²) in [7, 11) is 0. The Morgan fingerprint density at radius 2 is 1.69 bits per heavy atom. The van der Waals surface area contributed by atoms with Crippen molar-refractivity contribution in [3.05, 3.63) is 48.2 Å². The fourth-order valence-electron chi connectivity index (χ4n) is 1.43.